The van der Waals surface area contributed by atoms with E-state index in [-0.39, 0.29) is 11.7 Å². The summed E-state index contributed by atoms with van der Waals surface area (Å²) < 4.78 is 22.1. The summed E-state index contributed by atoms with van der Waals surface area (Å²) in [6, 6.07) is 0. The molecule has 0 aliphatic carbocycles. The topological polar surface area (TPSA) is 92.5 Å². The van der Waals surface area contributed by atoms with Gasteiger partial charge in [0.2, 0.25) is 5.91 Å². The largest absolute Gasteiger partial charge is 0.368 e. The molecule has 0 saturated carbocycles. The predicted octanol–water partition coefficient (Wildman–Crippen LogP) is -0.403. The van der Waals surface area contributed by atoms with E-state index in [4.69, 9.17) is 5.73 Å². The first kappa shape index (κ1) is 18.3. The van der Waals surface area contributed by atoms with Crippen molar-refractivity contribution < 1.29 is 13.2 Å². The molecule has 0 aromatic carbocycles. The number of nitrogens with one attached hydrogen (secondary N) is 1. The quantitative estimate of drug-likeness (QED) is 0.571. The van der Waals surface area contributed by atoms with Crippen LogP contribution in [0.5, 0.6) is 0 Å². The van der Waals surface area contributed by atoms with Gasteiger partial charge in [-0.15, -0.1) is 0 Å². The molecular formula is C12H27N3O3S. The van der Waals surface area contributed by atoms with E-state index in [2.05, 4.69) is 5.32 Å². The van der Waals surface area contributed by atoms with Crippen molar-refractivity contribution in [3.8, 4) is 0 Å². The Morgan fingerprint density at radius 2 is 1.95 bits per heavy atom. The number of hydrogen-bond acceptors (Lipinski definition) is 5. The van der Waals surface area contributed by atoms with Crippen molar-refractivity contribution in [3.63, 3.8) is 0 Å². The molecule has 0 aliphatic heterocycles. The summed E-state index contributed by atoms with van der Waals surface area (Å²) in [6.07, 6.45) is 2.66. The maximum absolute atomic E-state index is 11.4. The lowest BCUT2D eigenvalue weighted by Crippen LogP contribution is -2.53. The predicted molar refractivity (Wildman–Crippen MR) is 77.7 cm³/mol. The van der Waals surface area contributed by atoms with Crippen molar-refractivity contribution in [1.29, 1.82) is 0 Å². The summed E-state index contributed by atoms with van der Waals surface area (Å²) >= 11 is 0. The number of amides is 1. The van der Waals surface area contributed by atoms with Crippen molar-refractivity contribution in [2.45, 2.75) is 32.2 Å². The number of rotatable bonds is 10. The lowest BCUT2D eigenvalue weighted by atomic mass is 9.95. The van der Waals surface area contributed by atoms with E-state index in [0.717, 1.165) is 13.0 Å². The fourth-order valence-corrected chi connectivity index (χ4v) is 2.47. The van der Waals surface area contributed by atoms with Crippen molar-refractivity contribution in [3.05, 3.63) is 0 Å². The maximum atomic E-state index is 11.4. The molecule has 0 rings (SSSR count). The SMILES string of the molecule is CCNC(C)(CCCN(C)CCS(C)(=O)=O)C(N)=O. The minimum absolute atomic E-state index is 0.157. The number of carbonyl (C=O) groups is 1. The van der Waals surface area contributed by atoms with Crippen molar-refractivity contribution in [2.24, 2.45) is 5.73 Å². The highest BCUT2D eigenvalue weighted by atomic mass is 32.2. The molecular weight excluding hydrogens is 266 g/mol. The van der Waals surface area contributed by atoms with Gasteiger partial charge in [-0.1, -0.05) is 6.92 Å². The summed E-state index contributed by atoms with van der Waals surface area (Å²) in [4.78, 5) is 13.4. The van der Waals surface area contributed by atoms with Crippen LogP contribution >= 0.6 is 0 Å². The standard InChI is InChI=1S/C12H27N3O3S/c1-5-14-12(2,11(13)16)7-6-8-15(3)9-10-19(4,17)18/h14H,5-10H2,1-4H3,(H2,13,16). The average molecular weight is 293 g/mol. The number of nitrogens with zero attached hydrogens (tertiary/aromatic N) is 1. The number of likely N-dealkylation sites (N-methyl/N-ethyl adjacent to an activating group) is 1. The van der Waals surface area contributed by atoms with Gasteiger partial charge in [-0.2, -0.15) is 0 Å². The van der Waals surface area contributed by atoms with E-state index in [1.54, 1.807) is 6.92 Å². The Labute approximate surface area is 116 Å². The van der Waals surface area contributed by atoms with Gasteiger partial charge in [0.25, 0.3) is 0 Å². The van der Waals surface area contributed by atoms with Gasteiger partial charge in [0.05, 0.1) is 11.3 Å². The molecule has 0 bridgehead atoms. The molecule has 6 nitrogen and oxygen atoms in total. The monoisotopic (exact) mass is 293 g/mol. The molecule has 1 amide bonds. The van der Waals surface area contributed by atoms with Gasteiger partial charge in [0.1, 0.15) is 9.84 Å². The highest BCUT2D eigenvalue weighted by molar-refractivity contribution is 7.90. The van der Waals surface area contributed by atoms with Crippen LogP contribution in [-0.4, -0.2) is 63.5 Å². The highest BCUT2D eigenvalue weighted by Crippen LogP contribution is 2.12. The molecule has 19 heavy (non-hydrogen) atoms. The van der Waals surface area contributed by atoms with Crippen LogP contribution in [0.2, 0.25) is 0 Å². The van der Waals surface area contributed by atoms with E-state index in [0.29, 0.717) is 19.5 Å². The summed E-state index contributed by atoms with van der Waals surface area (Å²) in [7, 11) is -1.05. The molecule has 3 N–H and O–H groups in total. The van der Waals surface area contributed by atoms with Crippen LogP contribution in [0.1, 0.15) is 26.7 Å². The van der Waals surface area contributed by atoms with Crippen LogP contribution in [0.15, 0.2) is 0 Å². The fourth-order valence-electron chi connectivity index (χ4n) is 1.82. The Morgan fingerprint density at radius 1 is 1.37 bits per heavy atom. The average Bonchev–Trinajstić information content (AvgIpc) is 2.25. The highest BCUT2D eigenvalue weighted by Gasteiger charge is 2.29. The van der Waals surface area contributed by atoms with E-state index in [1.807, 2.05) is 18.9 Å². The first-order valence-electron chi connectivity index (χ1n) is 6.52. The summed E-state index contributed by atoms with van der Waals surface area (Å²) in [5.41, 5.74) is 4.71. The van der Waals surface area contributed by atoms with Crippen LogP contribution in [0.25, 0.3) is 0 Å². The van der Waals surface area contributed by atoms with Crippen molar-refractivity contribution >= 4 is 15.7 Å². The molecule has 0 radical (unpaired) electrons. The lowest BCUT2D eigenvalue weighted by Gasteiger charge is -2.28. The lowest BCUT2D eigenvalue weighted by molar-refractivity contribution is -0.124. The Bertz CT molecular complexity index is 384. The van der Waals surface area contributed by atoms with E-state index < -0.39 is 15.4 Å². The molecule has 0 heterocycles. The molecule has 0 aromatic rings. The normalized spacial score (nSPS) is 15.4. The first-order valence-corrected chi connectivity index (χ1v) is 8.58. The fraction of sp³-hybridized carbons (Fsp3) is 0.917. The van der Waals surface area contributed by atoms with Gasteiger partial charge >= 0.3 is 0 Å². The van der Waals surface area contributed by atoms with Crippen LogP contribution in [0, 0.1) is 0 Å². The third kappa shape index (κ3) is 8.18. The summed E-state index contributed by atoms with van der Waals surface area (Å²) in [5.74, 6) is -0.197. The van der Waals surface area contributed by atoms with Crippen LogP contribution < -0.4 is 11.1 Å². The molecule has 0 fully saturated rings. The van der Waals surface area contributed by atoms with Gasteiger partial charge < -0.3 is 16.0 Å². The van der Waals surface area contributed by atoms with Crippen molar-refractivity contribution in [2.75, 3.05) is 38.7 Å². The smallest absolute Gasteiger partial charge is 0.237 e. The Morgan fingerprint density at radius 3 is 2.37 bits per heavy atom. The van der Waals surface area contributed by atoms with Gasteiger partial charge in [-0.3, -0.25) is 4.79 Å². The number of carbonyl (C=O) groups excluding carboxylic acids is 1. The van der Waals surface area contributed by atoms with Crippen LogP contribution in [-0.2, 0) is 14.6 Å². The van der Waals surface area contributed by atoms with E-state index in [9.17, 15) is 13.2 Å². The second-order valence-corrected chi connectivity index (χ2v) is 7.52. The molecule has 0 aromatic heterocycles. The summed E-state index contributed by atoms with van der Waals surface area (Å²) in [5, 5.41) is 3.10. The Hall–Kier alpha value is -0.660. The number of primary amides is 1. The molecule has 114 valence electrons. The second kappa shape index (κ2) is 7.81. The Balaban J connectivity index is 4.09. The van der Waals surface area contributed by atoms with Crippen molar-refractivity contribution in [1.82, 2.24) is 10.2 Å². The first-order chi connectivity index (χ1) is 8.60. The summed E-state index contributed by atoms with van der Waals surface area (Å²) in [6.45, 7) is 5.66. The van der Waals surface area contributed by atoms with E-state index in [1.165, 1.54) is 6.26 Å². The molecule has 0 saturated heterocycles. The van der Waals surface area contributed by atoms with Gasteiger partial charge in [-0.25, -0.2) is 8.42 Å². The third-order valence-corrected chi connectivity index (χ3v) is 4.10. The molecule has 7 heteroatoms. The number of hydrogen-bond donors (Lipinski definition) is 2. The molecule has 1 unspecified atom stereocenters. The minimum atomic E-state index is -2.92. The molecule has 0 spiro atoms. The minimum Gasteiger partial charge on any atom is -0.368 e. The Kier molecular flexibility index (Phi) is 7.54. The van der Waals surface area contributed by atoms with Gasteiger partial charge in [0.15, 0.2) is 0 Å². The van der Waals surface area contributed by atoms with Gasteiger partial charge in [0, 0.05) is 12.8 Å². The van der Waals surface area contributed by atoms with E-state index >= 15 is 0 Å². The zero-order chi connectivity index (χ0) is 15.1. The zero-order valence-electron chi connectivity index (χ0n) is 12.4. The van der Waals surface area contributed by atoms with Crippen LogP contribution in [0.4, 0.5) is 0 Å². The molecule has 1 atom stereocenters. The maximum Gasteiger partial charge on any atom is 0.237 e. The van der Waals surface area contributed by atoms with Gasteiger partial charge in [-0.05, 0) is 39.9 Å². The van der Waals surface area contributed by atoms with Crippen LogP contribution in [0.3, 0.4) is 0 Å². The number of nitrogens with two attached hydrogens (primary N) is 1. The molecule has 0 aliphatic rings. The number of sulfone groups is 1. The third-order valence-electron chi connectivity index (χ3n) is 3.17. The zero-order valence-corrected chi connectivity index (χ0v) is 13.2. The second-order valence-electron chi connectivity index (χ2n) is 5.26.